The first-order valence-corrected chi connectivity index (χ1v) is 14.7. The maximum absolute atomic E-state index is 13.9. The Morgan fingerprint density at radius 3 is 2.33 bits per heavy atom. The van der Waals surface area contributed by atoms with Crippen LogP contribution in [0.1, 0.15) is 57.8 Å². The molecule has 4 unspecified atom stereocenters. The number of likely N-dealkylation sites (tertiary alicyclic amines) is 2. The SMILES string of the molecule is CC(=O)NC(C(=O)N1CC(=O)C2C1CCN2C(=O)C(CC(C)C)NC(=O)c1ccccc1-c1cccs1)C(C)C. The molecule has 10 heteroatoms. The Bertz CT molecular complexity index is 1270. The summed E-state index contributed by atoms with van der Waals surface area (Å²) in [7, 11) is 0. The first-order valence-electron chi connectivity index (χ1n) is 13.8. The van der Waals surface area contributed by atoms with Crippen LogP contribution in [0.25, 0.3) is 10.4 Å². The molecule has 4 atom stereocenters. The van der Waals surface area contributed by atoms with Crippen LogP contribution in [-0.2, 0) is 19.2 Å². The molecular weight excluding hydrogens is 528 g/mol. The highest BCUT2D eigenvalue weighted by Gasteiger charge is 2.53. The van der Waals surface area contributed by atoms with E-state index in [1.54, 1.807) is 17.0 Å². The van der Waals surface area contributed by atoms with Gasteiger partial charge in [-0.25, -0.2) is 0 Å². The summed E-state index contributed by atoms with van der Waals surface area (Å²) in [6, 6.07) is 8.42. The second-order valence-electron chi connectivity index (χ2n) is 11.4. The van der Waals surface area contributed by atoms with E-state index in [1.807, 2.05) is 57.3 Å². The molecule has 40 heavy (non-hydrogen) atoms. The van der Waals surface area contributed by atoms with Gasteiger partial charge >= 0.3 is 0 Å². The quantitative estimate of drug-likeness (QED) is 0.484. The van der Waals surface area contributed by atoms with Crippen LogP contribution in [0.4, 0.5) is 0 Å². The van der Waals surface area contributed by atoms with Gasteiger partial charge in [-0.05, 0) is 42.2 Å². The van der Waals surface area contributed by atoms with Crippen LogP contribution in [0, 0.1) is 11.8 Å². The third-order valence-electron chi connectivity index (χ3n) is 7.55. The molecular formula is C30H38N4O5S. The number of nitrogens with zero attached hydrogens (tertiary/aromatic N) is 2. The molecule has 3 heterocycles. The number of hydrogen-bond acceptors (Lipinski definition) is 6. The number of hydrogen-bond donors (Lipinski definition) is 2. The molecule has 4 rings (SSSR count). The molecule has 0 aliphatic carbocycles. The summed E-state index contributed by atoms with van der Waals surface area (Å²) < 4.78 is 0. The van der Waals surface area contributed by atoms with Crippen molar-refractivity contribution in [3.63, 3.8) is 0 Å². The Labute approximate surface area is 239 Å². The Kier molecular flexibility index (Phi) is 9.08. The van der Waals surface area contributed by atoms with Crippen LogP contribution >= 0.6 is 11.3 Å². The highest BCUT2D eigenvalue weighted by Crippen LogP contribution is 2.32. The first kappa shape index (κ1) is 29.5. The molecule has 214 valence electrons. The summed E-state index contributed by atoms with van der Waals surface area (Å²) in [5.41, 5.74) is 1.28. The summed E-state index contributed by atoms with van der Waals surface area (Å²) in [5, 5.41) is 7.62. The minimum atomic E-state index is -0.817. The lowest BCUT2D eigenvalue weighted by Gasteiger charge is -2.30. The van der Waals surface area contributed by atoms with Crippen molar-refractivity contribution in [2.45, 2.75) is 71.6 Å². The zero-order valence-electron chi connectivity index (χ0n) is 23.7. The number of carbonyl (C=O) groups excluding carboxylic acids is 5. The molecule has 0 spiro atoms. The molecule has 0 bridgehead atoms. The van der Waals surface area contributed by atoms with E-state index in [0.717, 1.165) is 10.4 Å². The van der Waals surface area contributed by atoms with Gasteiger partial charge in [0.15, 0.2) is 5.78 Å². The Hall–Kier alpha value is -3.53. The number of amides is 4. The molecule has 1 aromatic heterocycles. The van der Waals surface area contributed by atoms with Gasteiger partial charge in [0.05, 0.1) is 12.6 Å². The monoisotopic (exact) mass is 566 g/mol. The highest BCUT2D eigenvalue weighted by atomic mass is 32.1. The normalized spacial score (nSPS) is 20.0. The average molecular weight is 567 g/mol. The fourth-order valence-corrected chi connectivity index (χ4v) is 6.49. The van der Waals surface area contributed by atoms with Gasteiger partial charge in [-0.1, -0.05) is 52.0 Å². The third kappa shape index (κ3) is 6.11. The van der Waals surface area contributed by atoms with E-state index >= 15 is 0 Å². The number of nitrogens with one attached hydrogen (secondary N) is 2. The highest BCUT2D eigenvalue weighted by molar-refractivity contribution is 7.13. The topological polar surface area (TPSA) is 116 Å². The molecule has 2 aromatic rings. The van der Waals surface area contributed by atoms with Crippen molar-refractivity contribution in [1.82, 2.24) is 20.4 Å². The number of Topliss-reactive ketones (excluding diaryl/α,β-unsaturated/α-hetero) is 1. The number of carbonyl (C=O) groups is 5. The van der Waals surface area contributed by atoms with Gasteiger partial charge in [-0.3, -0.25) is 24.0 Å². The Morgan fingerprint density at radius 1 is 0.975 bits per heavy atom. The van der Waals surface area contributed by atoms with E-state index in [0.29, 0.717) is 24.9 Å². The molecule has 2 aliphatic rings. The van der Waals surface area contributed by atoms with Crippen molar-refractivity contribution in [3.05, 3.63) is 47.3 Å². The minimum absolute atomic E-state index is 0.101. The maximum Gasteiger partial charge on any atom is 0.252 e. The van der Waals surface area contributed by atoms with Crippen molar-refractivity contribution < 1.29 is 24.0 Å². The lowest BCUT2D eigenvalue weighted by atomic mass is 10.00. The maximum atomic E-state index is 13.9. The number of thiophene rings is 1. The van der Waals surface area contributed by atoms with Crippen molar-refractivity contribution in [1.29, 1.82) is 0 Å². The second kappa shape index (κ2) is 12.3. The van der Waals surface area contributed by atoms with Gasteiger partial charge in [0.1, 0.15) is 18.1 Å². The van der Waals surface area contributed by atoms with Crippen LogP contribution in [-0.4, -0.2) is 76.5 Å². The van der Waals surface area contributed by atoms with Gasteiger partial charge in [-0.15, -0.1) is 11.3 Å². The summed E-state index contributed by atoms with van der Waals surface area (Å²) >= 11 is 1.54. The molecule has 1 aromatic carbocycles. The van der Waals surface area contributed by atoms with Crippen LogP contribution in [0.2, 0.25) is 0 Å². The molecule has 2 N–H and O–H groups in total. The molecule has 0 saturated carbocycles. The lowest BCUT2D eigenvalue weighted by Crippen LogP contribution is -2.54. The predicted octanol–water partition coefficient (Wildman–Crippen LogP) is 3.10. The van der Waals surface area contributed by atoms with E-state index in [1.165, 1.54) is 23.2 Å². The fraction of sp³-hybridized carbons (Fsp3) is 0.500. The fourth-order valence-electron chi connectivity index (χ4n) is 5.73. The largest absolute Gasteiger partial charge is 0.344 e. The summed E-state index contributed by atoms with van der Waals surface area (Å²) in [4.78, 5) is 69.8. The molecule has 2 saturated heterocycles. The number of benzene rings is 1. The standard InChI is InChI=1S/C30H38N4O5S/c1-17(2)15-22(32-28(37)21-10-7-6-9-20(21)25-11-8-14-40-25)29(38)33-13-12-23-27(33)24(36)16-34(23)30(39)26(18(3)4)31-19(5)35/h6-11,14,17-18,22-23,26-27H,12-13,15-16H2,1-5H3,(H,31,35)(H,32,37). The summed E-state index contributed by atoms with van der Waals surface area (Å²) in [5.74, 6) is -1.53. The van der Waals surface area contributed by atoms with E-state index in [-0.39, 0.29) is 47.8 Å². The predicted molar refractivity (Wildman–Crippen MR) is 154 cm³/mol. The molecule has 4 amide bonds. The molecule has 2 aliphatic heterocycles. The van der Waals surface area contributed by atoms with Gasteiger partial charge in [0.2, 0.25) is 17.7 Å². The molecule has 0 radical (unpaired) electrons. The smallest absolute Gasteiger partial charge is 0.252 e. The van der Waals surface area contributed by atoms with Crippen LogP contribution in [0.5, 0.6) is 0 Å². The number of ketones is 1. The lowest BCUT2D eigenvalue weighted by molar-refractivity contribution is -0.138. The van der Waals surface area contributed by atoms with E-state index in [9.17, 15) is 24.0 Å². The van der Waals surface area contributed by atoms with E-state index in [2.05, 4.69) is 10.6 Å². The average Bonchev–Trinajstić information content (AvgIpc) is 3.65. The third-order valence-corrected chi connectivity index (χ3v) is 8.45. The Balaban J connectivity index is 1.54. The number of rotatable bonds is 9. The van der Waals surface area contributed by atoms with E-state index < -0.39 is 24.2 Å². The van der Waals surface area contributed by atoms with Gasteiger partial charge in [-0.2, -0.15) is 0 Å². The zero-order chi connectivity index (χ0) is 29.1. The van der Waals surface area contributed by atoms with Crippen LogP contribution < -0.4 is 10.6 Å². The van der Waals surface area contributed by atoms with Crippen molar-refractivity contribution in [3.8, 4) is 10.4 Å². The minimum Gasteiger partial charge on any atom is -0.344 e. The first-order chi connectivity index (χ1) is 19.0. The molecule has 9 nitrogen and oxygen atoms in total. The van der Waals surface area contributed by atoms with E-state index in [4.69, 9.17) is 0 Å². The van der Waals surface area contributed by atoms with Gasteiger partial charge in [0.25, 0.3) is 5.91 Å². The zero-order valence-corrected chi connectivity index (χ0v) is 24.5. The summed E-state index contributed by atoms with van der Waals surface area (Å²) in [6.07, 6.45) is 0.872. The van der Waals surface area contributed by atoms with Gasteiger partial charge < -0.3 is 20.4 Å². The van der Waals surface area contributed by atoms with Crippen LogP contribution in [0.3, 0.4) is 0 Å². The van der Waals surface area contributed by atoms with Crippen molar-refractivity contribution in [2.24, 2.45) is 11.8 Å². The van der Waals surface area contributed by atoms with Crippen molar-refractivity contribution >= 4 is 40.7 Å². The molecule has 2 fully saturated rings. The van der Waals surface area contributed by atoms with Gasteiger partial charge in [0, 0.05) is 29.5 Å². The van der Waals surface area contributed by atoms with Crippen LogP contribution in [0.15, 0.2) is 41.8 Å². The second-order valence-corrected chi connectivity index (χ2v) is 12.3. The summed E-state index contributed by atoms with van der Waals surface area (Å²) in [6.45, 7) is 9.21. The Morgan fingerprint density at radius 2 is 1.70 bits per heavy atom. The number of fused-ring (bicyclic) bond motifs is 1. The van der Waals surface area contributed by atoms with Crippen molar-refractivity contribution in [2.75, 3.05) is 13.1 Å².